The third kappa shape index (κ3) is 5.06. The maximum atomic E-state index is 12.8. The number of carbonyl (C=O) groups is 1. The second-order valence-corrected chi connectivity index (χ2v) is 8.77. The van der Waals surface area contributed by atoms with Crippen molar-refractivity contribution in [2.75, 3.05) is 12.3 Å². The number of sulfonamides is 1. The Balaban J connectivity index is 2.07. The molecule has 1 unspecified atom stereocenters. The van der Waals surface area contributed by atoms with Crippen LogP contribution in [0.15, 0.2) is 0 Å². The average Bonchev–Trinajstić information content (AvgIpc) is 2.64. The van der Waals surface area contributed by atoms with Crippen LogP contribution in [-0.2, 0) is 14.8 Å². The highest BCUT2D eigenvalue weighted by molar-refractivity contribution is 7.89. The number of nitrogens with zero attached hydrogens (tertiary/aromatic N) is 1. The van der Waals surface area contributed by atoms with Gasteiger partial charge in [0.1, 0.15) is 5.78 Å². The van der Waals surface area contributed by atoms with Gasteiger partial charge in [0.15, 0.2) is 0 Å². The number of rotatable bonds is 5. The molecule has 0 aromatic carbocycles. The Labute approximate surface area is 129 Å². The van der Waals surface area contributed by atoms with Crippen LogP contribution in [0.25, 0.3) is 0 Å². The Morgan fingerprint density at radius 2 is 1.62 bits per heavy atom. The molecule has 5 heteroatoms. The van der Waals surface area contributed by atoms with Crippen molar-refractivity contribution in [1.82, 2.24) is 4.31 Å². The molecular formula is C16H29NO3S. The van der Waals surface area contributed by atoms with Crippen molar-refractivity contribution in [3.63, 3.8) is 0 Å². The van der Waals surface area contributed by atoms with E-state index >= 15 is 0 Å². The lowest BCUT2D eigenvalue weighted by atomic mass is 9.91. The summed E-state index contributed by atoms with van der Waals surface area (Å²) < 4.78 is 27.3. The summed E-state index contributed by atoms with van der Waals surface area (Å²) in [6.45, 7) is 2.17. The van der Waals surface area contributed by atoms with Gasteiger partial charge < -0.3 is 0 Å². The fourth-order valence-corrected chi connectivity index (χ4v) is 5.96. The van der Waals surface area contributed by atoms with E-state index < -0.39 is 10.0 Å². The summed E-state index contributed by atoms with van der Waals surface area (Å²) in [4.78, 5) is 11.5. The smallest absolute Gasteiger partial charge is 0.214 e. The lowest BCUT2D eigenvalue weighted by molar-refractivity contribution is -0.117. The molecule has 1 aliphatic heterocycles. The molecule has 2 aliphatic rings. The molecule has 0 amide bonds. The molecule has 0 aromatic heterocycles. The standard InChI is InChI=1S/C16H29NO3S/c1-14(18)12-16-10-6-3-7-11-17(16)21(19,20)13-15-8-4-2-5-9-15/h15-16H,2-13H2,1H3. The summed E-state index contributed by atoms with van der Waals surface area (Å²) in [6, 6.07) is -0.0985. The van der Waals surface area contributed by atoms with Gasteiger partial charge in [0, 0.05) is 19.0 Å². The van der Waals surface area contributed by atoms with Gasteiger partial charge in [-0.05, 0) is 38.5 Å². The van der Waals surface area contributed by atoms with Gasteiger partial charge in [-0.2, -0.15) is 4.31 Å². The van der Waals surface area contributed by atoms with Crippen LogP contribution in [0.1, 0.15) is 71.1 Å². The molecule has 0 aromatic rings. The maximum absolute atomic E-state index is 12.8. The lowest BCUT2D eigenvalue weighted by Crippen LogP contribution is -2.43. The molecule has 2 fully saturated rings. The molecule has 1 saturated carbocycles. The number of hydrogen-bond donors (Lipinski definition) is 0. The topological polar surface area (TPSA) is 54.5 Å². The van der Waals surface area contributed by atoms with E-state index in [1.54, 1.807) is 11.2 Å². The summed E-state index contributed by atoms with van der Waals surface area (Å²) in [5.41, 5.74) is 0. The molecule has 0 radical (unpaired) electrons. The van der Waals surface area contributed by atoms with Gasteiger partial charge in [-0.25, -0.2) is 8.42 Å². The van der Waals surface area contributed by atoms with Gasteiger partial charge in [-0.3, -0.25) is 4.79 Å². The maximum Gasteiger partial charge on any atom is 0.214 e. The third-order valence-electron chi connectivity index (χ3n) is 4.87. The molecule has 0 N–H and O–H groups in total. The first-order valence-corrected chi connectivity index (χ1v) is 10.1. The van der Waals surface area contributed by atoms with Crippen molar-refractivity contribution >= 4 is 15.8 Å². The molecule has 1 saturated heterocycles. The average molecular weight is 315 g/mol. The SMILES string of the molecule is CC(=O)CC1CCCCCN1S(=O)(=O)CC1CCCCC1. The van der Waals surface area contributed by atoms with Crippen LogP contribution in [0.5, 0.6) is 0 Å². The highest BCUT2D eigenvalue weighted by atomic mass is 32.2. The summed E-state index contributed by atoms with van der Waals surface area (Å²) >= 11 is 0. The van der Waals surface area contributed by atoms with E-state index in [-0.39, 0.29) is 11.8 Å². The second-order valence-electron chi connectivity index (χ2n) is 6.80. The fraction of sp³-hybridized carbons (Fsp3) is 0.938. The summed E-state index contributed by atoms with van der Waals surface area (Å²) in [5.74, 6) is 0.714. The van der Waals surface area contributed by atoms with E-state index in [1.807, 2.05) is 0 Å². The Morgan fingerprint density at radius 3 is 2.29 bits per heavy atom. The molecule has 0 bridgehead atoms. The van der Waals surface area contributed by atoms with Crippen molar-refractivity contribution in [1.29, 1.82) is 0 Å². The summed E-state index contributed by atoms with van der Waals surface area (Å²) in [7, 11) is -3.22. The van der Waals surface area contributed by atoms with Crippen LogP contribution < -0.4 is 0 Å². The van der Waals surface area contributed by atoms with Gasteiger partial charge in [0.05, 0.1) is 5.75 Å². The van der Waals surface area contributed by atoms with E-state index in [4.69, 9.17) is 0 Å². The van der Waals surface area contributed by atoms with Gasteiger partial charge in [0.2, 0.25) is 10.0 Å². The molecule has 122 valence electrons. The largest absolute Gasteiger partial charge is 0.300 e. The van der Waals surface area contributed by atoms with Gasteiger partial charge in [-0.15, -0.1) is 0 Å². The zero-order valence-electron chi connectivity index (χ0n) is 13.2. The minimum atomic E-state index is -3.22. The minimum Gasteiger partial charge on any atom is -0.300 e. The van der Waals surface area contributed by atoms with Crippen LogP contribution in [-0.4, -0.2) is 36.8 Å². The Bertz CT molecular complexity index is 440. The predicted octanol–water partition coefficient (Wildman–Crippen LogP) is 3.12. The highest BCUT2D eigenvalue weighted by Crippen LogP contribution is 2.28. The molecule has 21 heavy (non-hydrogen) atoms. The van der Waals surface area contributed by atoms with Gasteiger partial charge >= 0.3 is 0 Å². The van der Waals surface area contributed by atoms with Crippen LogP contribution >= 0.6 is 0 Å². The van der Waals surface area contributed by atoms with Crippen molar-refractivity contribution < 1.29 is 13.2 Å². The monoisotopic (exact) mass is 315 g/mol. The van der Waals surface area contributed by atoms with Crippen LogP contribution in [0.2, 0.25) is 0 Å². The fourth-order valence-electron chi connectivity index (χ4n) is 3.80. The van der Waals surface area contributed by atoms with Crippen LogP contribution in [0.3, 0.4) is 0 Å². The van der Waals surface area contributed by atoms with E-state index in [0.29, 0.717) is 24.6 Å². The van der Waals surface area contributed by atoms with E-state index in [2.05, 4.69) is 0 Å². The number of carbonyl (C=O) groups excluding carboxylic acids is 1. The van der Waals surface area contributed by atoms with Crippen LogP contribution in [0.4, 0.5) is 0 Å². The normalized spacial score (nSPS) is 26.4. The molecule has 4 nitrogen and oxygen atoms in total. The first kappa shape index (κ1) is 16.9. The van der Waals surface area contributed by atoms with Crippen LogP contribution in [0, 0.1) is 5.92 Å². The Morgan fingerprint density at radius 1 is 1.00 bits per heavy atom. The summed E-state index contributed by atoms with van der Waals surface area (Å²) in [6.07, 6.45) is 9.92. The van der Waals surface area contributed by atoms with Crippen molar-refractivity contribution in [2.45, 2.75) is 77.2 Å². The lowest BCUT2D eigenvalue weighted by Gasteiger charge is -2.31. The molecule has 1 aliphatic carbocycles. The van der Waals surface area contributed by atoms with Crippen molar-refractivity contribution in [3.05, 3.63) is 0 Å². The van der Waals surface area contributed by atoms with Crippen molar-refractivity contribution in [2.24, 2.45) is 5.92 Å². The number of ketones is 1. The molecule has 2 rings (SSSR count). The molecule has 1 atom stereocenters. The first-order valence-electron chi connectivity index (χ1n) is 8.48. The Hall–Kier alpha value is -0.420. The zero-order valence-corrected chi connectivity index (χ0v) is 14.0. The number of hydrogen-bond acceptors (Lipinski definition) is 3. The first-order chi connectivity index (χ1) is 9.99. The quantitative estimate of drug-likeness (QED) is 0.783. The van der Waals surface area contributed by atoms with E-state index in [9.17, 15) is 13.2 Å². The highest BCUT2D eigenvalue weighted by Gasteiger charge is 2.33. The van der Waals surface area contributed by atoms with Gasteiger partial charge in [0.25, 0.3) is 0 Å². The predicted molar refractivity (Wildman–Crippen MR) is 84.6 cm³/mol. The number of Topliss-reactive ketones (excluding diaryl/α,β-unsaturated/α-hetero) is 1. The van der Waals surface area contributed by atoms with E-state index in [0.717, 1.165) is 51.4 Å². The summed E-state index contributed by atoms with van der Waals surface area (Å²) in [5, 5.41) is 0. The van der Waals surface area contributed by atoms with Gasteiger partial charge in [-0.1, -0.05) is 32.1 Å². The molecular weight excluding hydrogens is 286 g/mol. The molecule has 1 heterocycles. The van der Waals surface area contributed by atoms with Crippen molar-refractivity contribution in [3.8, 4) is 0 Å². The second kappa shape index (κ2) is 7.73. The zero-order chi connectivity index (χ0) is 15.3. The minimum absolute atomic E-state index is 0.0970. The van der Waals surface area contributed by atoms with E-state index in [1.165, 1.54) is 6.42 Å². The Kier molecular flexibility index (Phi) is 6.23. The third-order valence-corrected chi connectivity index (χ3v) is 6.96. The molecule has 0 spiro atoms.